The maximum absolute atomic E-state index is 12.2. The second kappa shape index (κ2) is 5.47. The standard InChI is InChI=1S/C16H23NO4/c1-10-14(21-15(18)17(10)16(2,3)4)11-7-12(19-5)9-13(8-11)20-6/h7-10,14H,1-6H3/t10-,14-/m0/s1. The van der Waals surface area contributed by atoms with Crippen LogP contribution in [-0.2, 0) is 4.74 Å². The molecule has 116 valence electrons. The zero-order valence-electron chi connectivity index (χ0n) is 13.5. The largest absolute Gasteiger partial charge is 0.497 e. The maximum atomic E-state index is 12.2. The zero-order chi connectivity index (χ0) is 15.8. The fourth-order valence-corrected chi connectivity index (χ4v) is 2.79. The van der Waals surface area contributed by atoms with E-state index < -0.39 is 0 Å². The molecule has 1 heterocycles. The predicted octanol–water partition coefficient (Wildman–Crippen LogP) is 3.38. The number of cyclic esters (lactones) is 1. The van der Waals surface area contributed by atoms with Crippen molar-refractivity contribution in [1.82, 2.24) is 4.90 Å². The molecule has 0 unspecified atom stereocenters. The fraction of sp³-hybridized carbons (Fsp3) is 0.562. The highest BCUT2D eigenvalue weighted by atomic mass is 16.6. The van der Waals surface area contributed by atoms with E-state index in [1.54, 1.807) is 25.2 Å². The zero-order valence-corrected chi connectivity index (χ0v) is 13.5. The van der Waals surface area contributed by atoms with Crippen LogP contribution < -0.4 is 9.47 Å². The molecular weight excluding hydrogens is 270 g/mol. The van der Waals surface area contributed by atoms with Gasteiger partial charge in [-0.15, -0.1) is 0 Å². The van der Waals surface area contributed by atoms with Crippen molar-refractivity contribution in [3.05, 3.63) is 23.8 Å². The Morgan fingerprint density at radius 2 is 1.62 bits per heavy atom. The summed E-state index contributed by atoms with van der Waals surface area (Å²) in [6.07, 6.45) is -0.623. The highest BCUT2D eigenvalue weighted by molar-refractivity contribution is 5.72. The van der Waals surface area contributed by atoms with Crippen molar-refractivity contribution in [1.29, 1.82) is 0 Å². The molecule has 0 N–H and O–H groups in total. The Bertz CT molecular complexity index is 513. The number of rotatable bonds is 3. The number of methoxy groups -OCH3 is 2. The minimum atomic E-state index is -0.333. The van der Waals surface area contributed by atoms with Crippen molar-refractivity contribution in [3.8, 4) is 11.5 Å². The minimum absolute atomic E-state index is 0.0608. The Labute approximate surface area is 125 Å². The third-order valence-electron chi connectivity index (χ3n) is 3.69. The summed E-state index contributed by atoms with van der Waals surface area (Å²) in [5.41, 5.74) is 0.590. The lowest BCUT2D eigenvalue weighted by Gasteiger charge is -2.33. The first kappa shape index (κ1) is 15.5. The van der Waals surface area contributed by atoms with Gasteiger partial charge in [0.1, 0.15) is 17.6 Å². The van der Waals surface area contributed by atoms with E-state index in [1.807, 2.05) is 39.8 Å². The van der Waals surface area contributed by atoms with Crippen molar-refractivity contribution >= 4 is 6.09 Å². The number of benzene rings is 1. The number of carbonyl (C=O) groups is 1. The Kier molecular flexibility index (Phi) is 4.03. The van der Waals surface area contributed by atoms with Crippen molar-refractivity contribution in [3.63, 3.8) is 0 Å². The van der Waals surface area contributed by atoms with Gasteiger partial charge in [0.2, 0.25) is 0 Å². The molecule has 0 radical (unpaired) electrons. The van der Waals surface area contributed by atoms with Gasteiger partial charge in [0, 0.05) is 17.2 Å². The molecule has 1 fully saturated rings. The molecule has 0 saturated carbocycles. The lowest BCUT2D eigenvalue weighted by atomic mass is 9.98. The topological polar surface area (TPSA) is 48.0 Å². The molecule has 1 aliphatic heterocycles. The van der Waals surface area contributed by atoms with Crippen LogP contribution in [0.1, 0.15) is 39.4 Å². The van der Waals surface area contributed by atoms with E-state index >= 15 is 0 Å². The Hall–Kier alpha value is -1.91. The van der Waals surface area contributed by atoms with E-state index in [-0.39, 0.29) is 23.8 Å². The highest BCUT2D eigenvalue weighted by Crippen LogP contribution is 2.39. The minimum Gasteiger partial charge on any atom is -0.497 e. The lowest BCUT2D eigenvalue weighted by Crippen LogP contribution is -2.46. The number of hydrogen-bond acceptors (Lipinski definition) is 4. The molecule has 0 aliphatic carbocycles. The third kappa shape index (κ3) is 2.91. The van der Waals surface area contributed by atoms with E-state index in [2.05, 4.69) is 0 Å². The lowest BCUT2D eigenvalue weighted by molar-refractivity contribution is 0.119. The molecule has 1 aromatic carbocycles. The molecule has 1 aliphatic rings. The van der Waals surface area contributed by atoms with Crippen LogP contribution in [0.25, 0.3) is 0 Å². The Morgan fingerprint density at radius 3 is 2.00 bits per heavy atom. The van der Waals surface area contributed by atoms with Gasteiger partial charge in [0.25, 0.3) is 0 Å². The van der Waals surface area contributed by atoms with Crippen LogP contribution in [0.3, 0.4) is 0 Å². The summed E-state index contributed by atoms with van der Waals surface area (Å²) < 4.78 is 16.1. The number of amides is 1. The second-order valence-corrected chi connectivity index (χ2v) is 6.23. The fourth-order valence-electron chi connectivity index (χ4n) is 2.79. The van der Waals surface area contributed by atoms with Gasteiger partial charge in [0.05, 0.1) is 20.3 Å². The average Bonchev–Trinajstić information content (AvgIpc) is 2.72. The summed E-state index contributed by atoms with van der Waals surface area (Å²) in [5, 5.41) is 0. The molecule has 21 heavy (non-hydrogen) atoms. The van der Waals surface area contributed by atoms with Crippen LogP contribution >= 0.6 is 0 Å². The van der Waals surface area contributed by atoms with Gasteiger partial charge in [0.15, 0.2) is 0 Å². The van der Waals surface area contributed by atoms with E-state index in [0.29, 0.717) is 11.5 Å². The molecule has 2 rings (SSSR count). The highest BCUT2D eigenvalue weighted by Gasteiger charge is 2.45. The molecule has 1 amide bonds. The van der Waals surface area contributed by atoms with Crippen molar-refractivity contribution < 1.29 is 19.0 Å². The van der Waals surface area contributed by atoms with Crippen molar-refractivity contribution in [2.24, 2.45) is 0 Å². The van der Waals surface area contributed by atoms with E-state index in [9.17, 15) is 4.79 Å². The summed E-state index contributed by atoms with van der Waals surface area (Å²) in [6, 6.07) is 5.49. The number of carbonyl (C=O) groups excluding carboxylic acids is 1. The smallest absolute Gasteiger partial charge is 0.411 e. The van der Waals surface area contributed by atoms with Crippen LogP contribution in [0.5, 0.6) is 11.5 Å². The molecule has 1 saturated heterocycles. The number of ether oxygens (including phenoxy) is 3. The van der Waals surface area contributed by atoms with Crippen molar-refractivity contribution in [2.45, 2.75) is 45.4 Å². The van der Waals surface area contributed by atoms with E-state index in [4.69, 9.17) is 14.2 Å². The first-order valence-corrected chi connectivity index (χ1v) is 7.01. The number of nitrogens with zero attached hydrogens (tertiary/aromatic N) is 1. The van der Waals surface area contributed by atoms with Crippen LogP contribution in [0.2, 0.25) is 0 Å². The monoisotopic (exact) mass is 293 g/mol. The summed E-state index contributed by atoms with van der Waals surface area (Å²) in [4.78, 5) is 13.9. The van der Waals surface area contributed by atoms with E-state index in [0.717, 1.165) is 5.56 Å². The Morgan fingerprint density at radius 1 is 1.10 bits per heavy atom. The third-order valence-corrected chi connectivity index (χ3v) is 3.69. The van der Waals surface area contributed by atoms with Crippen molar-refractivity contribution in [2.75, 3.05) is 14.2 Å². The van der Waals surface area contributed by atoms with Gasteiger partial charge in [-0.25, -0.2) is 4.79 Å². The molecular formula is C16H23NO4. The normalized spacial score (nSPS) is 22.2. The summed E-state index contributed by atoms with van der Waals surface area (Å²) >= 11 is 0. The molecule has 1 aromatic rings. The molecule has 5 heteroatoms. The van der Waals surface area contributed by atoms with Gasteiger partial charge >= 0.3 is 6.09 Å². The van der Waals surface area contributed by atoms with Gasteiger partial charge in [-0.05, 0) is 39.8 Å². The summed E-state index contributed by atoms with van der Waals surface area (Å²) in [6.45, 7) is 7.99. The first-order chi connectivity index (χ1) is 9.77. The Balaban J connectivity index is 2.37. The predicted molar refractivity (Wildman–Crippen MR) is 79.8 cm³/mol. The summed E-state index contributed by atoms with van der Waals surface area (Å²) in [7, 11) is 3.20. The number of hydrogen-bond donors (Lipinski definition) is 0. The maximum Gasteiger partial charge on any atom is 0.411 e. The molecule has 0 spiro atoms. The van der Waals surface area contributed by atoms with Crippen LogP contribution in [0, 0.1) is 0 Å². The molecule has 5 nitrogen and oxygen atoms in total. The average molecular weight is 293 g/mol. The SMILES string of the molecule is COc1cc(OC)cc([C@H]2OC(=O)N(C(C)(C)C)[C@H]2C)c1. The van der Waals surface area contributed by atoms with Gasteiger partial charge in [-0.1, -0.05) is 0 Å². The second-order valence-electron chi connectivity index (χ2n) is 6.23. The van der Waals surface area contributed by atoms with Crippen LogP contribution in [0.4, 0.5) is 4.79 Å². The van der Waals surface area contributed by atoms with Crippen LogP contribution in [0.15, 0.2) is 18.2 Å². The summed E-state index contributed by atoms with van der Waals surface area (Å²) in [5.74, 6) is 1.36. The van der Waals surface area contributed by atoms with E-state index in [1.165, 1.54) is 0 Å². The first-order valence-electron chi connectivity index (χ1n) is 7.01. The molecule has 0 aromatic heterocycles. The quantitative estimate of drug-likeness (QED) is 0.857. The van der Waals surface area contributed by atoms with Gasteiger partial charge in [-0.2, -0.15) is 0 Å². The molecule has 0 bridgehead atoms. The van der Waals surface area contributed by atoms with Gasteiger partial charge < -0.3 is 14.2 Å². The van der Waals surface area contributed by atoms with Crippen LogP contribution in [-0.4, -0.2) is 36.8 Å². The van der Waals surface area contributed by atoms with Gasteiger partial charge in [-0.3, -0.25) is 4.90 Å². The molecule has 2 atom stereocenters.